The van der Waals surface area contributed by atoms with Gasteiger partial charge >= 0.3 is 0 Å². The van der Waals surface area contributed by atoms with Gasteiger partial charge in [-0.2, -0.15) is 0 Å². The molecule has 6 heteroatoms. The molecule has 0 aromatic heterocycles. The summed E-state index contributed by atoms with van der Waals surface area (Å²) in [5.74, 6) is -0.0729. The summed E-state index contributed by atoms with van der Waals surface area (Å²) < 4.78 is 19.2. The highest BCUT2D eigenvalue weighted by Gasteiger charge is 2.34. The maximum Gasteiger partial charge on any atom is 0.293 e. The Labute approximate surface area is 177 Å². The van der Waals surface area contributed by atoms with Crippen LogP contribution in [0.3, 0.4) is 0 Å². The van der Waals surface area contributed by atoms with Crippen molar-refractivity contribution >= 4 is 39.8 Å². The van der Waals surface area contributed by atoms with Crippen LogP contribution >= 0.6 is 11.8 Å². The van der Waals surface area contributed by atoms with E-state index in [2.05, 4.69) is 6.58 Å². The van der Waals surface area contributed by atoms with Gasteiger partial charge in [0.15, 0.2) is 0 Å². The van der Waals surface area contributed by atoms with Crippen molar-refractivity contribution in [3.05, 3.63) is 95.2 Å². The van der Waals surface area contributed by atoms with Gasteiger partial charge in [-0.25, -0.2) is 4.39 Å². The first kappa shape index (κ1) is 19.9. The first-order valence-electron chi connectivity index (χ1n) is 9.32. The Morgan fingerprint density at radius 2 is 1.80 bits per heavy atom. The molecule has 4 rings (SSSR count). The van der Waals surface area contributed by atoms with Gasteiger partial charge in [-0.3, -0.25) is 14.5 Å². The number of thioether (sulfide) groups is 1. The van der Waals surface area contributed by atoms with E-state index in [0.717, 1.165) is 38.6 Å². The van der Waals surface area contributed by atoms with Gasteiger partial charge in [-0.05, 0) is 52.4 Å². The zero-order valence-corrected chi connectivity index (χ0v) is 16.8. The van der Waals surface area contributed by atoms with Gasteiger partial charge in [0.25, 0.3) is 11.1 Å². The number of halogens is 1. The number of hydrogen-bond acceptors (Lipinski definition) is 4. The Balaban J connectivity index is 1.72. The van der Waals surface area contributed by atoms with Crippen LogP contribution in [-0.2, 0) is 11.4 Å². The number of nitrogens with zero attached hydrogens (tertiary/aromatic N) is 1. The second-order valence-corrected chi connectivity index (χ2v) is 7.69. The third-order valence-electron chi connectivity index (χ3n) is 4.70. The van der Waals surface area contributed by atoms with Crippen LogP contribution in [0.1, 0.15) is 11.1 Å². The van der Waals surface area contributed by atoms with Gasteiger partial charge in [0.05, 0.1) is 4.91 Å². The second-order valence-electron chi connectivity index (χ2n) is 6.69. The molecule has 0 spiro atoms. The number of fused-ring (bicyclic) bond motifs is 1. The minimum Gasteiger partial charge on any atom is -0.488 e. The van der Waals surface area contributed by atoms with E-state index in [9.17, 15) is 14.0 Å². The lowest BCUT2D eigenvalue weighted by Gasteiger charge is -2.13. The van der Waals surface area contributed by atoms with Crippen molar-refractivity contribution in [2.75, 3.05) is 6.54 Å². The Hall–Kier alpha value is -3.38. The molecule has 4 nitrogen and oxygen atoms in total. The quantitative estimate of drug-likeness (QED) is 0.375. The third-order valence-corrected chi connectivity index (χ3v) is 5.61. The smallest absolute Gasteiger partial charge is 0.293 e. The first-order valence-corrected chi connectivity index (χ1v) is 10.1. The van der Waals surface area contributed by atoms with Crippen molar-refractivity contribution < 1.29 is 18.7 Å². The van der Waals surface area contributed by atoms with Crippen LogP contribution in [-0.4, -0.2) is 22.6 Å². The fourth-order valence-electron chi connectivity index (χ4n) is 3.21. The van der Waals surface area contributed by atoms with Crippen LogP contribution in [0.15, 0.2) is 78.2 Å². The van der Waals surface area contributed by atoms with Gasteiger partial charge in [-0.15, -0.1) is 6.58 Å². The first-order chi connectivity index (χ1) is 14.6. The van der Waals surface area contributed by atoms with E-state index in [0.29, 0.717) is 10.7 Å². The summed E-state index contributed by atoms with van der Waals surface area (Å²) in [6.07, 6.45) is 3.23. The molecule has 1 aliphatic heterocycles. The number of rotatable bonds is 6. The topological polar surface area (TPSA) is 46.6 Å². The van der Waals surface area contributed by atoms with Gasteiger partial charge in [-0.1, -0.05) is 48.5 Å². The maximum absolute atomic E-state index is 13.2. The molecule has 0 N–H and O–H groups in total. The van der Waals surface area contributed by atoms with Crippen molar-refractivity contribution in [3.8, 4) is 5.75 Å². The molecule has 0 radical (unpaired) electrons. The Morgan fingerprint density at radius 3 is 2.57 bits per heavy atom. The number of imide groups is 1. The minimum absolute atomic E-state index is 0.172. The summed E-state index contributed by atoms with van der Waals surface area (Å²) >= 11 is 0.903. The summed E-state index contributed by atoms with van der Waals surface area (Å²) in [5, 5.41) is 1.58. The van der Waals surface area contributed by atoms with Crippen LogP contribution in [0.5, 0.6) is 5.75 Å². The molecule has 0 atom stereocenters. The Bertz CT molecular complexity index is 1170. The Morgan fingerprint density at radius 1 is 1.03 bits per heavy atom. The largest absolute Gasteiger partial charge is 0.488 e. The summed E-state index contributed by atoms with van der Waals surface area (Å²) in [7, 11) is 0. The van der Waals surface area contributed by atoms with E-state index in [1.54, 1.807) is 18.2 Å². The highest BCUT2D eigenvalue weighted by atomic mass is 32.2. The fraction of sp³-hybridized carbons (Fsp3) is 0.0833. The van der Waals surface area contributed by atoms with Crippen molar-refractivity contribution in [1.82, 2.24) is 4.90 Å². The summed E-state index contributed by atoms with van der Waals surface area (Å²) in [5.41, 5.74) is 1.54. The number of benzene rings is 3. The zero-order valence-electron chi connectivity index (χ0n) is 16.0. The van der Waals surface area contributed by atoms with Crippen LogP contribution in [0.25, 0.3) is 16.8 Å². The van der Waals surface area contributed by atoms with Crippen LogP contribution in [0.4, 0.5) is 9.18 Å². The molecule has 0 saturated carbocycles. The molecule has 1 fully saturated rings. The van der Waals surface area contributed by atoms with Crippen molar-refractivity contribution in [2.45, 2.75) is 6.61 Å². The zero-order chi connectivity index (χ0) is 21.1. The molecule has 1 aliphatic rings. The standard InChI is InChI=1S/C24H18FNO3S/c1-2-13-26-23(27)22(30-24(26)28)14-20-19-6-4-3-5-17(19)9-12-21(20)29-15-16-7-10-18(25)11-8-16/h2-12,14H,1,13,15H2/b22-14+. The highest BCUT2D eigenvalue weighted by Crippen LogP contribution is 2.37. The maximum atomic E-state index is 13.2. The van der Waals surface area contributed by atoms with Gasteiger partial charge in [0.1, 0.15) is 18.2 Å². The average Bonchev–Trinajstić information content (AvgIpc) is 3.02. The molecule has 3 aromatic carbocycles. The molecular formula is C24H18FNO3S. The van der Waals surface area contributed by atoms with Crippen molar-refractivity contribution in [2.24, 2.45) is 0 Å². The normalized spacial score (nSPS) is 15.2. The van der Waals surface area contributed by atoms with Crippen LogP contribution in [0, 0.1) is 5.82 Å². The highest BCUT2D eigenvalue weighted by molar-refractivity contribution is 8.18. The molecule has 150 valence electrons. The average molecular weight is 419 g/mol. The van der Waals surface area contributed by atoms with E-state index < -0.39 is 0 Å². The van der Waals surface area contributed by atoms with Gasteiger partial charge in [0, 0.05) is 12.1 Å². The second kappa shape index (κ2) is 8.55. The van der Waals surface area contributed by atoms with Crippen molar-refractivity contribution in [1.29, 1.82) is 0 Å². The molecule has 2 amide bonds. The Kier molecular flexibility index (Phi) is 5.68. The number of amides is 2. The van der Waals surface area contributed by atoms with E-state index in [-0.39, 0.29) is 30.1 Å². The lowest BCUT2D eigenvalue weighted by molar-refractivity contribution is -0.122. The fourth-order valence-corrected chi connectivity index (χ4v) is 4.04. The molecule has 30 heavy (non-hydrogen) atoms. The third kappa shape index (κ3) is 4.00. The molecule has 3 aromatic rings. The predicted octanol–water partition coefficient (Wildman–Crippen LogP) is 5.78. The molecule has 0 bridgehead atoms. The van der Waals surface area contributed by atoms with Crippen molar-refractivity contribution in [3.63, 3.8) is 0 Å². The number of hydrogen-bond donors (Lipinski definition) is 0. The minimum atomic E-state index is -0.345. The van der Waals surface area contributed by atoms with Gasteiger partial charge < -0.3 is 4.74 Å². The summed E-state index contributed by atoms with van der Waals surface area (Å²) in [6.45, 7) is 4.02. The molecule has 0 unspecified atom stereocenters. The van der Waals surface area contributed by atoms with Gasteiger partial charge in [0.2, 0.25) is 0 Å². The van der Waals surface area contributed by atoms with Crippen LogP contribution in [0.2, 0.25) is 0 Å². The van der Waals surface area contributed by atoms with E-state index in [1.807, 2.05) is 36.4 Å². The summed E-state index contributed by atoms with van der Waals surface area (Å²) in [6, 6.07) is 17.6. The SMILES string of the molecule is C=CCN1C(=O)S/C(=C/c2c(OCc3ccc(F)cc3)ccc3ccccc23)C1=O. The van der Waals surface area contributed by atoms with E-state index in [4.69, 9.17) is 4.74 Å². The monoisotopic (exact) mass is 419 g/mol. The number of carbonyl (C=O) groups excluding carboxylic acids is 2. The summed E-state index contributed by atoms with van der Waals surface area (Å²) in [4.78, 5) is 26.3. The van der Waals surface area contributed by atoms with Crippen LogP contribution < -0.4 is 4.74 Å². The number of carbonyl (C=O) groups is 2. The number of ether oxygens (including phenoxy) is 1. The molecule has 0 aliphatic carbocycles. The lowest BCUT2D eigenvalue weighted by Crippen LogP contribution is -2.27. The predicted molar refractivity (Wildman–Crippen MR) is 118 cm³/mol. The molecule has 1 heterocycles. The van der Waals surface area contributed by atoms with E-state index >= 15 is 0 Å². The van der Waals surface area contributed by atoms with E-state index in [1.165, 1.54) is 18.2 Å². The molecule has 1 saturated heterocycles. The lowest BCUT2D eigenvalue weighted by atomic mass is 10.0. The molecular weight excluding hydrogens is 401 g/mol.